The lowest BCUT2D eigenvalue weighted by Gasteiger charge is -2.40. The summed E-state index contributed by atoms with van der Waals surface area (Å²) in [4.78, 5) is 13.4. The van der Waals surface area contributed by atoms with E-state index in [9.17, 15) is 4.79 Å². The summed E-state index contributed by atoms with van der Waals surface area (Å²) in [6.45, 7) is 5.56. The molecule has 0 amide bonds. The Hall–Kier alpha value is -3.51. The first-order valence-electron chi connectivity index (χ1n) is 9.76. The van der Waals surface area contributed by atoms with Gasteiger partial charge in [-0.25, -0.2) is 4.79 Å². The molecule has 1 N–H and O–H groups in total. The second-order valence-electron chi connectivity index (χ2n) is 7.99. The molecule has 1 aliphatic heterocycles. The van der Waals surface area contributed by atoms with E-state index in [1.807, 2.05) is 6.07 Å². The first kappa shape index (κ1) is 18.8. The van der Waals surface area contributed by atoms with Gasteiger partial charge < -0.3 is 10.0 Å². The average molecular weight is 381 g/mol. The topological polar surface area (TPSA) is 40.5 Å². The average Bonchev–Trinajstić information content (AvgIpc) is 2.73. The maximum atomic E-state index is 11.0. The molecule has 1 heterocycles. The Balaban J connectivity index is 1.70. The zero-order valence-corrected chi connectivity index (χ0v) is 16.6. The number of carboxylic acids is 1. The maximum absolute atomic E-state index is 11.0. The second-order valence-corrected chi connectivity index (χ2v) is 7.99. The van der Waals surface area contributed by atoms with Crippen LogP contribution in [-0.4, -0.2) is 17.6 Å². The number of nitrogens with zero attached hydrogens (tertiary/aromatic N) is 1. The van der Waals surface area contributed by atoms with Crippen LogP contribution in [0.15, 0.2) is 72.8 Å². The van der Waals surface area contributed by atoms with Crippen molar-refractivity contribution in [1.82, 2.24) is 0 Å². The fourth-order valence-electron chi connectivity index (χ4n) is 3.77. The van der Waals surface area contributed by atoms with Gasteiger partial charge in [0.15, 0.2) is 0 Å². The number of hydrogen-bond donors (Lipinski definition) is 1. The molecule has 0 spiro atoms. The Morgan fingerprint density at radius 1 is 0.931 bits per heavy atom. The van der Waals surface area contributed by atoms with E-state index in [2.05, 4.69) is 73.1 Å². The van der Waals surface area contributed by atoms with Gasteiger partial charge in [0.2, 0.25) is 0 Å². The van der Waals surface area contributed by atoms with Crippen molar-refractivity contribution < 1.29 is 9.90 Å². The van der Waals surface area contributed by atoms with Gasteiger partial charge in [0.05, 0.1) is 5.56 Å². The van der Waals surface area contributed by atoms with Crippen LogP contribution >= 0.6 is 0 Å². The predicted molar refractivity (Wildman–Crippen MR) is 117 cm³/mol. The number of carbonyl (C=O) groups is 1. The zero-order chi connectivity index (χ0) is 20.4. The molecule has 0 aliphatic carbocycles. The van der Waals surface area contributed by atoms with Gasteiger partial charge in [-0.15, -0.1) is 0 Å². The molecule has 29 heavy (non-hydrogen) atoms. The number of para-hydroxylation sites is 1. The molecular weight excluding hydrogens is 358 g/mol. The summed E-state index contributed by atoms with van der Waals surface area (Å²) in [5.41, 5.74) is 5.88. The molecule has 3 nitrogen and oxygen atoms in total. The molecule has 0 aromatic heterocycles. The molecular formula is C26H23NO2. The van der Waals surface area contributed by atoms with Gasteiger partial charge >= 0.3 is 5.97 Å². The van der Waals surface area contributed by atoms with Crippen molar-refractivity contribution in [3.8, 4) is 11.8 Å². The molecule has 3 heteroatoms. The maximum Gasteiger partial charge on any atom is 0.335 e. The smallest absolute Gasteiger partial charge is 0.335 e. The molecule has 3 aromatic carbocycles. The number of anilines is 2. The van der Waals surface area contributed by atoms with Crippen molar-refractivity contribution in [2.24, 2.45) is 0 Å². The minimum atomic E-state index is -0.928. The summed E-state index contributed by atoms with van der Waals surface area (Å²) in [6.07, 6.45) is 1.09. The van der Waals surface area contributed by atoms with Crippen LogP contribution in [0.1, 0.15) is 47.3 Å². The van der Waals surface area contributed by atoms with Gasteiger partial charge in [-0.3, -0.25) is 0 Å². The highest BCUT2D eigenvalue weighted by Gasteiger charge is 2.31. The van der Waals surface area contributed by atoms with Gasteiger partial charge in [0.1, 0.15) is 0 Å². The minimum absolute atomic E-state index is 0.124. The Kier molecular flexibility index (Phi) is 4.86. The molecule has 0 saturated carbocycles. The van der Waals surface area contributed by atoms with Crippen molar-refractivity contribution in [1.29, 1.82) is 0 Å². The normalized spacial score (nSPS) is 14.5. The quantitative estimate of drug-likeness (QED) is 0.587. The van der Waals surface area contributed by atoms with E-state index in [1.165, 1.54) is 16.9 Å². The summed E-state index contributed by atoms with van der Waals surface area (Å²) in [5, 5.41) is 9.02. The first-order valence-corrected chi connectivity index (χ1v) is 9.76. The predicted octanol–water partition coefficient (Wildman–Crippen LogP) is 5.60. The molecule has 3 aromatic rings. The van der Waals surface area contributed by atoms with E-state index in [1.54, 1.807) is 24.3 Å². The Morgan fingerprint density at radius 2 is 1.59 bits per heavy atom. The fraction of sp³-hybridized carbons (Fsp3) is 0.192. The van der Waals surface area contributed by atoms with Gasteiger partial charge in [-0.2, -0.15) is 0 Å². The number of fused-ring (bicyclic) bond motifs is 1. The summed E-state index contributed by atoms with van der Waals surface area (Å²) in [7, 11) is 0. The van der Waals surface area contributed by atoms with Crippen LogP contribution in [0.25, 0.3) is 0 Å². The van der Waals surface area contributed by atoms with Crippen molar-refractivity contribution in [3.63, 3.8) is 0 Å². The van der Waals surface area contributed by atoms with E-state index in [0.29, 0.717) is 0 Å². The molecule has 0 bridgehead atoms. The molecule has 0 fully saturated rings. The van der Waals surface area contributed by atoms with Crippen LogP contribution < -0.4 is 4.90 Å². The highest BCUT2D eigenvalue weighted by atomic mass is 16.4. The lowest BCUT2D eigenvalue weighted by molar-refractivity contribution is 0.0697. The summed E-state index contributed by atoms with van der Waals surface area (Å²) in [6, 6.07) is 23.6. The minimum Gasteiger partial charge on any atom is -0.478 e. The van der Waals surface area contributed by atoms with E-state index in [4.69, 9.17) is 5.11 Å². The Labute approximate surface area is 171 Å². The van der Waals surface area contributed by atoms with E-state index < -0.39 is 5.97 Å². The summed E-state index contributed by atoms with van der Waals surface area (Å²) >= 11 is 0. The van der Waals surface area contributed by atoms with Crippen LogP contribution in [0.2, 0.25) is 0 Å². The van der Waals surface area contributed by atoms with Crippen molar-refractivity contribution in [3.05, 3.63) is 95.1 Å². The number of rotatable bonds is 2. The number of carboxylic acid groups (broad SMARTS) is 1. The largest absolute Gasteiger partial charge is 0.478 e. The monoisotopic (exact) mass is 381 g/mol. The summed E-state index contributed by atoms with van der Waals surface area (Å²) < 4.78 is 0. The third kappa shape index (κ3) is 3.88. The second kappa shape index (κ2) is 7.48. The van der Waals surface area contributed by atoms with Gasteiger partial charge in [-0.05, 0) is 65.9 Å². The van der Waals surface area contributed by atoms with Crippen LogP contribution in [-0.2, 0) is 5.41 Å². The Morgan fingerprint density at radius 3 is 2.28 bits per heavy atom. The van der Waals surface area contributed by atoms with Crippen LogP contribution in [0, 0.1) is 11.8 Å². The van der Waals surface area contributed by atoms with E-state index in [-0.39, 0.29) is 11.0 Å². The molecule has 0 saturated heterocycles. The van der Waals surface area contributed by atoms with Crippen molar-refractivity contribution >= 4 is 17.3 Å². The third-order valence-electron chi connectivity index (χ3n) is 5.53. The summed E-state index contributed by atoms with van der Waals surface area (Å²) in [5.74, 6) is 5.45. The van der Waals surface area contributed by atoms with Crippen molar-refractivity contribution in [2.75, 3.05) is 11.4 Å². The highest BCUT2D eigenvalue weighted by Crippen LogP contribution is 2.43. The molecule has 4 rings (SSSR count). The van der Waals surface area contributed by atoms with E-state index in [0.717, 1.165) is 24.1 Å². The molecule has 144 valence electrons. The molecule has 0 atom stereocenters. The lowest BCUT2D eigenvalue weighted by Crippen LogP contribution is -2.34. The highest BCUT2D eigenvalue weighted by molar-refractivity contribution is 5.87. The molecule has 0 radical (unpaired) electrons. The molecule has 0 unspecified atom stereocenters. The number of benzene rings is 3. The lowest BCUT2D eigenvalue weighted by atomic mass is 9.77. The van der Waals surface area contributed by atoms with Crippen LogP contribution in [0.4, 0.5) is 11.4 Å². The number of aromatic carboxylic acids is 1. The standard InChI is InChI=1S/C26H23NO2/c1-26(2)16-17-27(22-6-4-3-5-7-22)24-18-20(12-15-23(24)26)9-8-19-10-13-21(14-11-19)25(28)29/h3-7,10-15,18H,16-17H2,1-2H3,(H,28,29). The van der Waals surface area contributed by atoms with Gasteiger partial charge in [0, 0.05) is 29.0 Å². The Bertz CT molecular complexity index is 1100. The van der Waals surface area contributed by atoms with Crippen LogP contribution in [0.3, 0.4) is 0 Å². The molecule has 1 aliphatic rings. The SMILES string of the molecule is CC1(C)CCN(c2ccccc2)c2cc(C#Cc3ccc(C(=O)O)cc3)ccc21. The van der Waals surface area contributed by atoms with Gasteiger partial charge in [0.25, 0.3) is 0 Å². The van der Waals surface area contributed by atoms with Gasteiger partial charge in [-0.1, -0.05) is 50.0 Å². The number of hydrogen-bond acceptors (Lipinski definition) is 2. The van der Waals surface area contributed by atoms with Crippen molar-refractivity contribution in [2.45, 2.75) is 25.7 Å². The fourth-order valence-corrected chi connectivity index (χ4v) is 3.77. The zero-order valence-electron chi connectivity index (χ0n) is 16.6. The van der Waals surface area contributed by atoms with E-state index >= 15 is 0 Å². The van der Waals surface area contributed by atoms with Crippen LogP contribution in [0.5, 0.6) is 0 Å². The third-order valence-corrected chi connectivity index (χ3v) is 5.53. The first-order chi connectivity index (χ1) is 13.9.